The first-order chi connectivity index (χ1) is 14.0. The Morgan fingerprint density at radius 1 is 1.21 bits per heavy atom. The van der Waals surface area contributed by atoms with E-state index in [0.29, 0.717) is 35.6 Å². The van der Waals surface area contributed by atoms with Crippen LogP contribution in [0.15, 0.2) is 42.6 Å². The minimum Gasteiger partial charge on any atom is -0.385 e. The van der Waals surface area contributed by atoms with E-state index in [1.54, 1.807) is 6.20 Å². The normalized spacial score (nSPS) is 30.3. The third-order valence-electron chi connectivity index (χ3n) is 7.00. The van der Waals surface area contributed by atoms with Gasteiger partial charge in [-0.1, -0.05) is 23.7 Å². The van der Waals surface area contributed by atoms with E-state index in [4.69, 9.17) is 11.6 Å². The van der Waals surface area contributed by atoms with Crippen molar-refractivity contribution < 1.29 is 9.90 Å². The summed E-state index contributed by atoms with van der Waals surface area (Å²) >= 11 is 6.26. The minimum atomic E-state index is -0.921. The first-order valence-electron chi connectivity index (χ1n) is 10.3. The Hall–Kier alpha value is -2.37. The molecule has 3 aromatic rings. The molecule has 3 N–H and O–H groups in total. The SMILES string of the molecule is O=C(NC1C2CC(O)(c3cc(Cl)cc4[nH]ncc34)CC21)c1cccc(C2CC2)c1. The zero-order chi connectivity index (χ0) is 19.8. The van der Waals surface area contributed by atoms with E-state index in [1.807, 2.05) is 30.3 Å². The molecule has 3 saturated carbocycles. The summed E-state index contributed by atoms with van der Waals surface area (Å²) in [4.78, 5) is 12.7. The van der Waals surface area contributed by atoms with Crippen molar-refractivity contribution in [1.29, 1.82) is 0 Å². The smallest absolute Gasteiger partial charge is 0.251 e. The average molecular weight is 408 g/mol. The van der Waals surface area contributed by atoms with Crippen LogP contribution in [0.2, 0.25) is 5.02 Å². The number of aromatic amines is 1. The van der Waals surface area contributed by atoms with Crippen molar-refractivity contribution in [3.05, 3.63) is 64.3 Å². The van der Waals surface area contributed by atoms with Crippen LogP contribution in [0, 0.1) is 11.8 Å². The highest BCUT2D eigenvalue weighted by Gasteiger charge is 2.62. The second kappa shape index (κ2) is 6.07. The number of fused-ring (bicyclic) bond motifs is 2. The number of H-pyrrole nitrogens is 1. The van der Waals surface area contributed by atoms with Crippen molar-refractivity contribution in [3.63, 3.8) is 0 Å². The van der Waals surface area contributed by atoms with E-state index in [1.165, 1.54) is 18.4 Å². The third-order valence-corrected chi connectivity index (χ3v) is 7.22. The second-order valence-corrected chi connectivity index (χ2v) is 9.39. The quantitative estimate of drug-likeness (QED) is 0.608. The lowest BCUT2D eigenvalue weighted by Crippen LogP contribution is -2.33. The standard InChI is InChI=1S/C23H22ClN3O2/c24-15-7-19(18-11-25-27-20(18)8-15)23(29)9-16-17(10-23)21(16)26-22(28)14-3-1-2-13(6-14)12-4-5-12/h1-3,6-8,11-12,16-17,21,29H,4-5,9-10H2,(H,25,27)(H,26,28). The molecule has 0 radical (unpaired) electrons. The number of amides is 1. The van der Waals surface area contributed by atoms with Crippen LogP contribution in [0.3, 0.4) is 0 Å². The van der Waals surface area contributed by atoms with Crippen LogP contribution in [0.25, 0.3) is 10.9 Å². The Morgan fingerprint density at radius 3 is 2.76 bits per heavy atom. The van der Waals surface area contributed by atoms with Gasteiger partial charge in [0, 0.05) is 22.0 Å². The third kappa shape index (κ3) is 2.87. The zero-order valence-electron chi connectivity index (χ0n) is 15.9. The van der Waals surface area contributed by atoms with Crippen LogP contribution in [0.4, 0.5) is 0 Å². The molecule has 3 aliphatic rings. The maximum Gasteiger partial charge on any atom is 0.251 e. The van der Waals surface area contributed by atoms with Gasteiger partial charge in [-0.25, -0.2) is 0 Å². The molecule has 2 atom stereocenters. The molecule has 5 nitrogen and oxygen atoms in total. The van der Waals surface area contributed by atoms with Crippen LogP contribution in [0.5, 0.6) is 0 Å². The molecule has 0 saturated heterocycles. The number of aromatic nitrogens is 2. The van der Waals surface area contributed by atoms with Crippen LogP contribution in [-0.2, 0) is 5.60 Å². The summed E-state index contributed by atoms with van der Waals surface area (Å²) in [5, 5.41) is 23.1. The van der Waals surface area contributed by atoms with Crippen molar-refractivity contribution in [2.75, 3.05) is 0 Å². The van der Waals surface area contributed by atoms with Crippen molar-refractivity contribution >= 4 is 28.4 Å². The fourth-order valence-corrected chi connectivity index (χ4v) is 5.50. The largest absolute Gasteiger partial charge is 0.385 e. The van der Waals surface area contributed by atoms with Gasteiger partial charge >= 0.3 is 0 Å². The van der Waals surface area contributed by atoms with Crippen molar-refractivity contribution in [3.8, 4) is 0 Å². The molecule has 2 unspecified atom stereocenters. The summed E-state index contributed by atoms with van der Waals surface area (Å²) in [6.45, 7) is 0. The van der Waals surface area contributed by atoms with E-state index in [-0.39, 0.29) is 11.9 Å². The van der Waals surface area contributed by atoms with Gasteiger partial charge in [0.1, 0.15) is 0 Å². The van der Waals surface area contributed by atoms with Crippen LogP contribution >= 0.6 is 11.6 Å². The van der Waals surface area contributed by atoms with Crippen molar-refractivity contribution in [2.24, 2.45) is 11.8 Å². The van der Waals surface area contributed by atoms with Crippen LogP contribution in [0.1, 0.15) is 53.1 Å². The van der Waals surface area contributed by atoms with Crippen molar-refractivity contribution in [1.82, 2.24) is 15.5 Å². The first kappa shape index (κ1) is 17.5. The predicted molar refractivity (Wildman–Crippen MR) is 111 cm³/mol. The molecular formula is C23H22ClN3O2. The number of carbonyl (C=O) groups is 1. The molecular weight excluding hydrogens is 386 g/mol. The Balaban J connectivity index is 1.17. The number of carbonyl (C=O) groups excluding carboxylic acids is 1. The molecule has 0 bridgehead atoms. The summed E-state index contributed by atoms with van der Waals surface area (Å²) in [6, 6.07) is 11.8. The fraction of sp³-hybridized carbons (Fsp3) is 0.391. The zero-order valence-corrected chi connectivity index (χ0v) is 16.6. The van der Waals surface area contributed by atoms with Gasteiger partial charge in [-0.2, -0.15) is 5.10 Å². The number of hydrogen-bond donors (Lipinski definition) is 3. The van der Waals surface area contributed by atoms with Crippen LogP contribution in [-0.4, -0.2) is 27.3 Å². The summed E-state index contributed by atoms with van der Waals surface area (Å²) in [5.74, 6) is 1.24. The lowest BCUT2D eigenvalue weighted by atomic mass is 9.86. The topological polar surface area (TPSA) is 78.0 Å². The molecule has 148 valence electrons. The first-order valence-corrected chi connectivity index (χ1v) is 10.7. The Kier molecular flexibility index (Phi) is 3.66. The number of aliphatic hydroxyl groups is 1. The van der Waals surface area contributed by atoms with Crippen LogP contribution < -0.4 is 5.32 Å². The Morgan fingerprint density at radius 2 is 2.00 bits per heavy atom. The molecule has 3 aliphatic carbocycles. The highest BCUT2D eigenvalue weighted by molar-refractivity contribution is 6.31. The molecule has 6 heteroatoms. The minimum absolute atomic E-state index is 0.00424. The van der Waals surface area contributed by atoms with Gasteiger partial charge in [0.05, 0.1) is 17.3 Å². The van der Waals surface area contributed by atoms with E-state index < -0.39 is 5.60 Å². The van der Waals surface area contributed by atoms with Gasteiger partial charge in [0.15, 0.2) is 0 Å². The molecule has 3 fully saturated rings. The fourth-order valence-electron chi connectivity index (χ4n) is 5.29. The number of rotatable bonds is 4. The summed E-state index contributed by atoms with van der Waals surface area (Å²) < 4.78 is 0. The van der Waals surface area contributed by atoms with Gasteiger partial charge in [0.25, 0.3) is 5.91 Å². The van der Waals surface area contributed by atoms with Gasteiger partial charge in [-0.15, -0.1) is 0 Å². The number of hydrogen-bond acceptors (Lipinski definition) is 3. The average Bonchev–Trinajstić information content (AvgIpc) is 3.56. The summed E-state index contributed by atoms with van der Waals surface area (Å²) in [5.41, 5.74) is 2.76. The van der Waals surface area contributed by atoms with Gasteiger partial charge < -0.3 is 10.4 Å². The number of nitrogens with zero attached hydrogens (tertiary/aromatic N) is 1. The molecule has 0 aliphatic heterocycles. The highest BCUT2D eigenvalue weighted by Crippen LogP contribution is 2.60. The van der Waals surface area contributed by atoms with E-state index >= 15 is 0 Å². The lowest BCUT2D eigenvalue weighted by Gasteiger charge is -2.27. The molecule has 6 rings (SSSR count). The Labute approximate surface area is 173 Å². The highest BCUT2D eigenvalue weighted by atomic mass is 35.5. The molecule has 1 heterocycles. The van der Waals surface area contributed by atoms with E-state index in [0.717, 1.165) is 22.0 Å². The second-order valence-electron chi connectivity index (χ2n) is 8.95. The van der Waals surface area contributed by atoms with E-state index in [9.17, 15) is 9.90 Å². The van der Waals surface area contributed by atoms with Gasteiger partial charge in [-0.3, -0.25) is 9.89 Å². The molecule has 2 aromatic carbocycles. The predicted octanol–water partition coefficient (Wildman–Crippen LogP) is 4.12. The molecule has 29 heavy (non-hydrogen) atoms. The monoisotopic (exact) mass is 407 g/mol. The van der Waals surface area contributed by atoms with Gasteiger partial charge in [-0.05, 0) is 78.8 Å². The lowest BCUT2D eigenvalue weighted by molar-refractivity contribution is 0.0293. The molecule has 1 amide bonds. The van der Waals surface area contributed by atoms with E-state index in [2.05, 4.69) is 21.6 Å². The summed E-state index contributed by atoms with van der Waals surface area (Å²) in [6.07, 6.45) is 5.46. The van der Waals surface area contributed by atoms with Gasteiger partial charge in [0.2, 0.25) is 0 Å². The Bertz CT molecular complexity index is 1120. The number of benzene rings is 2. The number of nitrogens with one attached hydrogen (secondary N) is 2. The maximum absolute atomic E-state index is 12.7. The number of halogens is 1. The molecule has 1 aromatic heterocycles. The van der Waals surface area contributed by atoms with Crippen molar-refractivity contribution in [2.45, 2.75) is 43.2 Å². The maximum atomic E-state index is 12.7. The summed E-state index contributed by atoms with van der Waals surface area (Å²) in [7, 11) is 0. The molecule has 0 spiro atoms.